The van der Waals surface area contributed by atoms with E-state index in [4.69, 9.17) is 0 Å². The van der Waals surface area contributed by atoms with Crippen LogP contribution in [0, 0.1) is 17.0 Å². The first-order chi connectivity index (χ1) is 10.9. The Morgan fingerprint density at radius 1 is 1.00 bits per heavy atom. The summed E-state index contributed by atoms with van der Waals surface area (Å²) in [5.41, 5.74) is 4.69. The molecule has 0 spiro atoms. The van der Waals surface area contributed by atoms with E-state index in [2.05, 4.69) is 26.8 Å². The molecule has 0 aromatic heterocycles. The molecule has 23 heavy (non-hydrogen) atoms. The lowest BCUT2D eigenvalue weighted by Crippen LogP contribution is -2.42. The zero-order chi connectivity index (χ0) is 17.0. The maximum atomic E-state index is 12.1. The molecule has 0 unspecified atom stereocenters. The summed E-state index contributed by atoms with van der Waals surface area (Å²) in [5, 5.41) is 11.1. The van der Waals surface area contributed by atoms with Crippen molar-refractivity contribution in [3.8, 4) is 0 Å². The standard InChI is InChI=1S/C15H12BrN3O4/c1-9-5-4-7-11(13(9)19(22)23)15(21)18-17-14(20)10-6-2-3-8-12(10)16/h2-8H,1H3,(H,17,20)(H,18,21). The zero-order valence-corrected chi connectivity index (χ0v) is 13.6. The number of nitro groups is 1. The van der Waals surface area contributed by atoms with Gasteiger partial charge in [-0.05, 0) is 41.1 Å². The Morgan fingerprint density at radius 2 is 1.57 bits per heavy atom. The van der Waals surface area contributed by atoms with Crippen molar-refractivity contribution in [1.82, 2.24) is 10.9 Å². The molecule has 2 amide bonds. The molecular formula is C15H12BrN3O4. The third-order valence-electron chi connectivity index (χ3n) is 3.07. The second-order valence-corrected chi connectivity index (χ2v) is 5.47. The summed E-state index contributed by atoms with van der Waals surface area (Å²) in [4.78, 5) is 34.6. The molecule has 2 rings (SSSR count). The van der Waals surface area contributed by atoms with Gasteiger partial charge in [0.1, 0.15) is 5.56 Å². The van der Waals surface area contributed by atoms with Gasteiger partial charge in [-0.25, -0.2) is 0 Å². The number of hydrogen-bond acceptors (Lipinski definition) is 4. The fourth-order valence-electron chi connectivity index (χ4n) is 1.98. The first kappa shape index (κ1) is 16.6. The molecule has 0 atom stereocenters. The number of aryl methyl sites for hydroxylation is 1. The summed E-state index contributed by atoms with van der Waals surface area (Å²) in [6.45, 7) is 1.54. The number of amides is 2. The van der Waals surface area contributed by atoms with E-state index in [0.717, 1.165) is 0 Å². The number of halogens is 1. The van der Waals surface area contributed by atoms with Gasteiger partial charge in [0.15, 0.2) is 0 Å². The minimum absolute atomic E-state index is 0.123. The van der Waals surface area contributed by atoms with E-state index in [9.17, 15) is 19.7 Å². The Labute approximate surface area is 139 Å². The number of nitrogens with one attached hydrogen (secondary N) is 2. The van der Waals surface area contributed by atoms with Crippen LogP contribution in [0.25, 0.3) is 0 Å². The van der Waals surface area contributed by atoms with Gasteiger partial charge in [0.25, 0.3) is 17.5 Å². The van der Waals surface area contributed by atoms with Crippen LogP contribution in [0.2, 0.25) is 0 Å². The zero-order valence-electron chi connectivity index (χ0n) is 12.0. The van der Waals surface area contributed by atoms with Gasteiger partial charge in [-0.15, -0.1) is 0 Å². The van der Waals surface area contributed by atoms with Crippen LogP contribution in [0.15, 0.2) is 46.9 Å². The van der Waals surface area contributed by atoms with Crippen molar-refractivity contribution in [3.63, 3.8) is 0 Å². The Hall–Kier alpha value is -2.74. The van der Waals surface area contributed by atoms with Crippen LogP contribution in [0.3, 0.4) is 0 Å². The number of rotatable bonds is 3. The Kier molecular flexibility index (Phi) is 5.07. The number of para-hydroxylation sites is 1. The lowest BCUT2D eigenvalue weighted by atomic mass is 10.1. The molecule has 0 saturated heterocycles. The maximum Gasteiger partial charge on any atom is 0.285 e. The van der Waals surface area contributed by atoms with Gasteiger partial charge in [0.05, 0.1) is 10.5 Å². The molecule has 2 aromatic carbocycles. The number of carbonyl (C=O) groups is 2. The second-order valence-electron chi connectivity index (χ2n) is 4.62. The first-order valence-electron chi connectivity index (χ1n) is 6.51. The Morgan fingerprint density at radius 3 is 2.17 bits per heavy atom. The predicted octanol–water partition coefficient (Wildman–Crippen LogP) is 2.74. The minimum atomic E-state index is -0.763. The van der Waals surface area contributed by atoms with Crippen molar-refractivity contribution in [3.05, 3.63) is 73.7 Å². The monoisotopic (exact) mass is 377 g/mol. The number of hydrogen-bond donors (Lipinski definition) is 2. The lowest BCUT2D eigenvalue weighted by molar-refractivity contribution is -0.385. The van der Waals surface area contributed by atoms with Crippen LogP contribution in [0.4, 0.5) is 5.69 Å². The first-order valence-corrected chi connectivity index (χ1v) is 7.30. The molecular weight excluding hydrogens is 366 g/mol. The van der Waals surface area contributed by atoms with Crippen LogP contribution in [-0.2, 0) is 0 Å². The highest BCUT2D eigenvalue weighted by Gasteiger charge is 2.22. The van der Waals surface area contributed by atoms with Crippen molar-refractivity contribution in [2.24, 2.45) is 0 Å². The Balaban J connectivity index is 2.15. The summed E-state index contributed by atoms with van der Waals surface area (Å²) in [7, 11) is 0. The van der Waals surface area contributed by atoms with E-state index in [0.29, 0.717) is 15.6 Å². The van der Waals surface area contributed by atoms with Crippen molar-refractivity contribution in [2.45, 2.75) is 6.92 Å². The van der Waals surface area contributed by atoms with Gasteiger partial charge in [-0.1, -0.05) is 24.3 Å². The van der Waals surface area contributed by atoms with E-state index in [1.165, 1.54) is 25.1 Å². The third-order valence-corrected chi connectivity index (χ3v) is 3.76. The highest BCUT2D eigenvalue weighted by atomic mass is 79.9. The predicted molar refractivity (Wildman–Crippen MR) is 86.9 cm³/mol. The van der Waals surface area contributed by atoms with Crippen molar-refractivity contribution in [1.29, 1.82) is 0 Å². The van der Waals surface area contributed by atoms with Crippen LogP contribution >= 0.6 is 15.9 Å². The normalized spacial score (nSPS) is 10.0. The largest absolute Gasteiger partial charge is 0.285 e. The van der Waals surface area contributed by atoms with Gasteiger partial charge in [-0.3, -0.25) is 30.6 Å². The van der Waals surface area contributed by atoms with Crippen LogP contribution < -0.4 is 10.9 Å². The summed E-state index contributed by atoms with van der Waals surface area (Å²) in [5.74, 6) is -1.30. The van der Waals surface area contributed by atoms with Gasteiger partial charge >= 0.3 is 0 Å². The van der Waals surface area contributed by atoms with Crippen molar-refractivity contribution in [2.75, 3.05) is 0 Å². The summed E-state index contributed by atoms with van der Waals surface area (Å²) in [6, 6.07) is 11.1. The highest BCUT2D eigenvalue weighted by molar-refractivity contribution is 9.10. The number of carbonyl (C=O) groups excluding carboxylic acids is 2. The fourth-order valence-corrected chi connectivity index (χ4v) is 2.44. The Bertz CT molecular complexity index is 792. The number of nitrogens with zero attached hydrogens (tertiary/aromatic N) is 1. The topological polar surface area (TPSA) is 101 Å². The molecule has 8 heteroatoms. The highest BCUT2D eigenvalue weighted by Crippen LogP contribution is 2.22. The third kappa shape index (κ3) is 3.72. The summed E-state index contributed by atoms with van der Waals surface area (Å²) in [6.07, 6.45) is 0. The molecule has 0 fully saturated rings. The van der Waals surface area contributed by atoms with Crippen molar-refractivity contribution >= 4 is 33.4 Å². The number of benzene rings is 2. The second kappa shape index (κ2) is 7.01. The summed E-state index contributed by atoms with van der Waals surface area (Å²) >= 11 is 3.23. The van der Waals surface area contributed by atoms with E-state index < -0.39 is 16.7 Å². The molecule has 0 aliphatic rings. The van der Waals surface area contributed by atoms with Gasteiger partial charge in [0.2, 0.25) is 0 Å². The molecule has 7 nitrogen and oxygen atoms in total. The van der Waals surface area contributed by atoms with Gasteiger partial charge in [0, 0.05) is 10.0 Å². The lowest BCUT2D eigenvalue weighted by Gasteiger charge is -2.09. The van der Waals surface area contributed by atoms with E-state index in [1.54, 1.807) is 24.3 Å². The quantitative estimate of drug-likeness (QED) is 0.633. The summed E-state index contributed by atoms with van der Waals surface area (Å²) < 4.78 is 0.563. The van der Waals surface area contributed by atoms with E-state index >= 15 is 0 Å². The average Bonchev–Trinajstić information content (AvgIpc) is 2.52. The molecule has 0 heterocycles. The van der Waals surface area contributed by atoms with Crippen molar-refractivity contribution < 1.29 is 14.5 Å². The average molecular weight is 378 g/mol. The minimum Gasteiger partial charge on any atom is -0.267 e. The molecule has 0 saturated carbocycles. The van der Waals surface area contributed by atoms with Gasteiger partial charge < -0.3 is 0 Å². The van der Waals surface area contributed by atoms with E-state index in [-0.39, 0.29) is 11.3 Å². The smallest absolute Gasteiger partial charge is 0.267 e. The molecule has 0 bridgehead atoms. The molecule has 2 aromatic rings. The molecule has 2 N–H and O–H groups in total. The fraction of sp³-hybridized carbons (Fsp3) is 0.0667. The van der Waals surface area contributed by atoms with Crippen LogP contribution in [0.1, 0.15) is 26.3 Å². The van der Waals surface area contributed by atoms with Crippen LogP contribution in [-0.4, -0.2) is 16.7 Å². The van der Waals surface area contributed by atoms with Gasteiger partial charge in [-0.2, -0.15) is 0 Å². The number of hydrazine groups is 1. The SMILES string of the molecule is Cc1cccc(C(=O)NNC(=O)c2ccccc2Br)c1[N+](=O)[O-]. The number of nitro benzene ring substituents is 1. The maximum absolute atomic E-state index is 12.1. The molecule has 118 valence electrons. The van der Waals surface area contributed by atoms with E-state index in [1.807, 2.05) is 0 Å². The molecule has 0 radical (unpaired) electrons. The molecule has 0 aliphatic heterocycles. The molecule has 0 aliphatic carbocycles. The van der Waals surface area contributed by atoms with Crippen LogP contribution in [0.5, 0.6) is 0 Å².